The lowest BCUT2D eigenvalue weighted by Crippen LogP contribution is -2.45. The van der Waals surface area contributed by atoms with E-state index in [9.17, 15) is 9.50 Å². The van der Waals surface area contributed by atoms with E-state index in [1.54, 1.807) is 6.07 Å². The first-order valence-electron chi connectivity index (χ1n) is 7.82. The maximum absolute atomic E-state index is 13.4. The number of halogens is 1. The zero-order chi connectivity index (χ0) is 13.7. The predicted octanol–water partition coefficient (Wildman–Crippen LogP) is 3.98. The summed E-state index contributed by atoms with van der Waals surface area (Å²) in [6.45, 7) is 0. The molecule has 3 atom stereocenters. The van der Waals surface area contributed by atoms with Crippen LogP contribution in [0.2, 0.25) is 0 Å². The summed E-state index contributed by atoms with van der Waals surface area (Å²) in [6.07, 6.45) is 7.34. The van der Waals surface area contributed by atoms with E-state index in [0.717, 1.165) is 30.2 Å². The first-order valence-corrected chi connectivity index (χ1v) is 7.82. The van der Waals surface area contributed by atoms with Crippen LogP contribution in [-0.4, -0.2) is 10.7 Å². The molecule has 0 saturated heterocycles. The summed E-state index contributed by atoms with van der Waals surface area (Å²) >= 11 is 0. The average Bonchev–Trinajstić information content (AvgIpc) is 3.22. The monoisotopic (exact) mass is 276 g/mol. The number of ether oxygens (including phenoxy) is 1. The highest BCUT2D eigenvalue weighted by Gasteiger charge is 2.47. The lowest BCUT2D eigenvalue weighted by molar-refractivity contribution is -0.0546. The van der Waals surface area contributed by atoms with Crippen molar-refractivity contribution in [3.63, 3.8) is 0 Å². The minimum absolute atomic E-state index is 0.258. The van der Waals surface area contributed by atoms with Crippen molar-refractivity contribution in [2.45, 2.75) is 56.7 Å². The third kappa shape index (κ3) is 2.12. The standard InChI is InChI=1S/C17H21FO2/c18-13-5-6-14-15(19)10-17(20-16(14)8-13)7-1-2-12(9-17)11-3-4-11/h5-6,8,11-12,15,19H,1-4,7,9-10H2/t12?,15-,17?/m1/s1. The van der Waals surface area contributed by atoms with Crippen LogP contribution in [-0.2, 0) is 0 Å². The maximum Gasteiger partial charge on any atom is 0.128 e. The fourth-order valence-electron chi connectivity index (χ4n) is 4.23. The van der Waals surface area contributed by atoms with Gasteiger partial charge in [-0.15, -0.1) is 0 Å². The fraction of sp³-hybridized carbons (Fsp3) is 0.647. The van der Waals surface area contributed by atoms with Gasteiger partial charge in [-0.25, -0.2) is 4.39 Å². The first kappa shape index (κ1) is 12.6. The van der Waals surface area contributed by atoms with Gasteiger partial charge in [-0.3, -0.25) is 0 Å². The van der Waals surface area contributed by atoms with Gasteiger partial charge in [0.2, 0.25) is 0 Å². The average molecular weight is 276 g/mol. The van der Waals surface area contributed by atoms with E-state index in [4.69, 9.17) is 4.74 Å². The Hall–Kier alpha value is -1.09. The van der Waals surface area contributed by atoms with Gasteiger partial charge in [-0.1, -0.05) is 0 Å². The van der Waals surface area contributed by atoms with Crippen molar-refractivity contribution in [1.29, 1.82) is 0 Å². The molecule has 0 radical (unpaired) electrons. The number of fused-ring (bicyclic) bond motifs is 1. The molecule has 1 N–H and O–H groups in total. The summed E-state index contributed by atoms with van der Waals surface area (Å²) in [5, 5.41) is 10.4. The highest BCUT2D eigenvalue weighted by atomic mass is 19.1. The van der Waals surface area contributed by atoms with E-state index in [0.29, 0.717) is 12.2 Å². The van der Waals surface area contributed by atoms with E-state index < -0.39 is 6.10 Å². The van der Waals surface area contributed by atoms with Crippen LogP contribution in [0.4, 0.5) is 4.39 Å². The zero-order valence-electron chi connectivity index (χ0n) is 11.6. The fourth-order valence-corrected chi connectivity index (χ4v) is 4.23. The molecule has 0 amide bonds. The van der Waals surface area contributed by atoms with Crippen molar-refractivity contribution in [2.24, 2.45) is 11.8 Å². The molecular weight excluding hydrogens is 255 g/mol. The third-order valence-electron chi connectivity index (χ3n) is 5.36. The highest BCUT2D eigenvalue weighted by Crippen LogP contribution is 2.52. The number of aliphatic hydroxyl groups is 1. The van der Waals surface area contributed by atoms with Crippen LogP contribution in [0.1, 0.15) is 56.6 Å². The molecule has 1 aromatic rings. The van der Waals surface area contributed by atoms with Gasteiger partial charge in [-0.2, -0.15) is 0 Å². The van der Waals surface area contributed by atoms with E-state index >= 15 is 0 Å². The summed E-state index contributed by atoms with van der Waals surface area (Å²) in [5.74, 6) is 1.88. The second-order valence-electron chi connectivity index (χ2n) is 6.88. The molecule has 2 saturated carbocycles. The lowest BCUT2D eigenvalue weighted by Gasteiger charge is -2.45. The SMILES string of the molecule is O[C@@H]1CC2(CCCC(C3CC3)C2)Oc2cc(F)ccc21. The summed E-state index contributed by atoms with van der Waals surface area (Å²) < 4.78 is 19.7. The van der Waals surface area contributed by atoms with E-state index in [1.807, 2.05) is 0 Å². The molecule has 1 heterocycles. The smallest absolute Gasteiger partial charge is 0.128 e. The van der Waals surface area contributed by atoms with Crippen LogP contribution in [0.5, 0.6) is 5.75 Å². The number of benzene rings is 1. The van der Waals surface area contributed by atoms with Crippen molar-refractivity contribution in [2.75, 3.05) is 0 Å². The number of aliphatic hydroxyl groups excluding tert-OH is 1. The molecule has 2 fully saturated rings. The molecule has 2 nitrogen and oxygen atoms in total. The van der Waals surface area contributed by atoms with Gasteiger partial charge in [0.25, 0.3) is 0 Å². The topological polar surface area (TPSA) is 29.5 Å². The van der Waals surface area contributed by atoms with E-state index in [-0.39, 0.29) is 11.4 Å². The zero-order valence-corrected chi connectivity index (χ0v) is 11.6. The largest absolute Gasteiger partial charge is 0.487 e. The summed E-state index contributed by atoms with van der Waals surface area (Å²) in [7, 11) is 0. The molecule has 1 aliphatic heterocycles. The van der Waals surface area contributed by atoms with Crippen LogP contribution in [0.25, 0.3) is 0 Å². The van der Waals surface area contributed by atoms with Crippen molar-refractivity contribution >= 4 is 0 Å². The molecule has 3 aliphatic rings. The normalized spacial score (nSPS) is 36.5. The van der Waals surface area contributed by atoms with E-state index in [2.05, 4.69) is 0 Å². The molecule has 2 aliphatic carbocycles. The Morgan fingerprint density at radius 1 is 1.15 bits per heavy atom. The second kappa shape index (κ2) is 4.45. The Labute approximate surface area is 119 Å². The van der Waals surface area contributed by atoms with Gasteiger partial charge in [0.15, 0.2) is 0 Å². The molecule has 1 spiro atoms. The third-order valence-corrected chi connectivity index (χ3v) is 5.36. The van der Waals surface area contributed by atoms with E-state index in [1.165, 1.54) is 37.8 Å². The van der Waals surface area contributed by atoms with Gasteiger partial charge in [-0.05, 0) is 62.5 Å². The molecular formula is C17H21FO2. The van der Waals surface area contributed by atoms with Crippen LogP contribution in [0, 0.1) is 17.7 Å². The Morgan fingerprint density at radius 2 is 2.00 bits per heavy atom. The molecule has 2 unspecified atom stereocenters. The maximum atomic E-state index is 13.4. The molecule has 4 rings (SSSR count). The van der Waals surface area contributed by atoms with Crippen molar-refractivity contribution in [1.82, 2.24) is 0 Å². The minimum Gasteiger partial charge on any atom is -0.487 e. The second-order valence-corrected chi connectivity index (χ2v) is 6.88. The number of hydrogen-bond acceptors (Lipinski definition) is 2. The summed E-state index contributed by atoms with van der Waals surface area (Å²) in [6, 6.07) is 4.49. The quantitative estimate of drug-likeness (QED) is 0.840. The molecule has 108 valence electrons. The van der Waals surface area contributed by atoms with Gasteiger partial charge in [0.05, 0.1) is 6.10 Å². The van der Waals surface area contributed by atoms with Gasteiger partial charge in [0, 0.05) is 18.1 Å². The van der Waals surface area contributed by atoms with Crippen LogP contribution in [0.3, 0.4) is 0 Å². The molecule has 0 aromatic heterocycles. The van der Waals surface area contributed by atoms with Crippen LogP contribution >= 0.6 is 0 Å². The number of rotatable bonds is 1. The molecule has 1 aromatic carbocycles. The van der Waals surface area contributed by atoms with Crippen LogP contribution < -0.4 is 4.74 Å². The Kier molecular flexibility index (Phi) is 2.81. The van der Waals surface area contributed by atoms with Gasteiger partial charge >= 0.3 is 0 Å². The Bertz CT molecular complexity index is 526. The van der Waals surface area contributed by atoms with Crippen LogP contribution in [0.15, 0.2) is 18.2 Å². The Morgan fingerprint density at radius 3 is 2.80 bits per heavy atom. The first-order chi connectivity index (χ1) is 9.65. The molecule has 20 heavy (non-hydrogen) atoms. The van der Waals surface area contributed by atoms with Crippen molar-refractivity contribution in [3.8, 4) is 5.75 Å². The number of hydrogen-bond donors (Lipinski definition) is 1. The van der Waals surface area contributed by atoms with Crippen molar-refractivity contribution in [3.05, 3.63) is 29.6 Å². The Balaban J connectivity index is 1.63. The molecule has 3 heteroatoms. The highest BCUT2D eigenvalue weighted by molar-refractivity contribution is 5.38. The summed E-state index contributed by atoms with van der Waals surface area (Å²) in [4.78, 5) is 0. The van der Waals surface area contributed by atoms with Gasteiger partial charge in [0.1, 0.15) is 17.2 Å². The molecule has 0 bridgehead atoms. The van der Waals surface area contributed by atoms with Gasteiger partial charge < -0.3 is 9.84 Å². The summed E-state index contributed by atoms with van der Waals surface area (Å²) in [5.41, 5.74) is 0.483. The minimum atomic E-state index is -0.516. The predicted molar refractivity (Wildman–Crippen MR) is 74.0 cm³/mol. The lowest BCUT2D eigenvalue weighted by atomic mass is 9.72. The van der Waals surface area contributed by atoms with Crippen molar-refractivity contribution < 1.29 is 14.2 Å².